The van der Waals surface area contributed by atoms with Gasteiger partial charge in [0.2, 0.25) is 5.91 Å². The number of carbonyl (C=O) groups is 3. The van der Waals surface area contributed by atoms with Gasteiger partial charge in [0.15, 0.2) is 6.10 Å². The molecule has 1 aromatic carbocycles. The number of likely N-dealkylation sites (tertiary alicyclic amines) is 1. The number of ether oxygens (including phenoxy) is 1. The predicted octanol–water partition coefficient (Wildman–Crippen LogP) is 1.69. The monoisotopic (exact) mass is 426 g/mol. The van der Waals surface area contributed by atoms with Crippen molar-refractivity contribution < 1.29 is 23.5 Å². The number of hydrogen-bond donors (Lipinski definition) is 1. The molecule has 2 saturated heterocycles. The fourth-order valence-corrected chi connectivity index (χ4v) is 4.07. The molecule has 162 valence electrons. The van der Waals surface area contributed by atoms with Crippen LogP contribution in [-0.4, -0.2) is 70.4 Å². The number of rotatable bonds is 3. The quantitative estimate of drug-likeness (QED) is 0.807. The lowest BCUT2D eigenvalue weighted by Crippen LogP contribution is -2.60. The van der Waals surface area contributed by atoms with Crippen molar-refractivity contribution in [1.82, 2.24) is 14.8 Å². The van der Waals surface area contributed by atoms with Crippen LogP contribution in [0.4, 0.5) is 10.1 Å². The van der Waals surface area contributed by atoms with Crippen LogP contribution in [0.25, 0.3) is 0 Å². The number of anilines is 1. The normalized spacial score (nSPS) is 23.1. The van der Waals surface area contributed by atoms with E-state index in [9.17, 15) is 18.8 Å². The molecule has 1 N–H and O–H groups in total. The van der Waals surface area contributed by atoms with E-state index in [-0.39, 0.29) is 24.9 Å². The van der Waals surface area contributed by atoms with Crippen molar-refractivity contribution in [1.29, 1.82) is 0 Å². The fraction of sp³-hybridized carbons (Fsp3) is 0.364. The lowest BCUT2D eigenvalue weighted by molar-refractivity contribution is -0.171. The third-order valence-electron chi connectivity index (χ3n) is 5.60. The van der Waals surface area contributed by atoms with E-state index in [0.29, 0.717) is 30.8 Å². The Morgan fingerprint density at radius 2 is 2.00 bits per heavy atom. The lowest BCUT2D eigenvalue weighted by Gasteiger charge is -2.43. The molecule has 31 heavy (non-hydrogen) atoms. The zero-order chi connectivity index (χ0) is 22.0. The molecule has 8 nitrogen and oxygen atoms in total. The van der Waals surface area contributed by atoms with Crippen LogP contribution in [0.1, 0.15) is 23.7 Å². The van der Waals surface area contributed by atoms with Crippen LogP contribution < -0.4 is 5.32 Å². The Bertz CT molecular complexity index is 1000. The summed E-state index contributed by atoms with van der Waals surface area (Å²) in [5.41, 5.74) is -0.0623. The molecule has 0 radical (unpaired) electrons. The summed E-state index contributed by atoms with van der Waals surface area (Å²) in [6.07, 6.45) is 2.66. The van der Waals surface area contributed by atoms with Gasteiger partial charge in [-0.15, -0.1) is 0 Å². The molecular formula is C22H23FN4O4. The van der Waals surface area contributed by atoms with Gasteiger partial charge in [0.1, 0.15) is 11.4 Å². The third-order valence-corrected chi connectivity index (χ3v) is 5.60. The maximum Gasteiger partial charge on any atom is 0.255 e. The SMILES string of the molecule is CC(=O)N1CC(C(=O)Nc2cccc(F)c2)OC2(CCN(C(=O)c3cccnc3)C2)C1. The average molecular weight is 426 g/mol. The molecule has 2 atom stereocenters. The topological polar surface area (TPSA) is 91.8 Å². The van der Waals surface area contributed by atoms with E-state index >= 15 is 0 Å². The zero-order valence-electron chi connectivity index (χ0n) is 17.1. The van der Waals surface area contributed by atoms with Crippen LogP contribution in [-0.2, 0) is 14.3 Å². The van der Waals surface area contributed by atoms with Gasteiger partial charge in [0.25, 0.3) is 11.8 Å². The molecule has 2 aliphatic heterocycles. The van der Waals surface area contributed by atoms with Crippen molar-refractivity contribution in [2.45, 2.75) is 25.0 Å². The Labute approximate surface area is 179 Å². The van der Waals surface area contributed by atoms with Crippen molar-refractivity contribution in [3.63, 3.8) is 0 Å². The number of pyridine rings is 1. The maximum atomic E-state index is 13.4. The summed E-state index contributed by atoms with van der Waals surface area (Å²) in [5.74, 6) is -1.28. The van der Waals surface area contributed by atoms with Crippen LogP contribution in [0.5, 0.6) is 0 Å². The summed E-state index contributed by atoms with van der Waals surface area (Å²) in [6, 6.07) is 8.95. The standard InChI is InChI=1S/C22H23FN4O4/c1-15(28)27-12-19(20(29)25-18-6-2-5-17(23)10-18)31-22(14-27)7-9-26(13-22)21(30)16-4-3-8-24-11-16/h2-6,8,10-11,19H,7,9,12-14H2,1H3,(H,25,29). The molecule has 4 rings (SSSR count). The highest BCUT2D eigenvalue weighted by Gasteiger charge is 2.49. The van der Waals surface area contributed by atoms with Gasteiger partial charge in [0.05, 0.1) is 25.2 Å². The minimum Gasteiger partial charge on any atom is -0.356 e. The molecule has 1 spiro atoms. The number of benzene rings is 1. The number of nitrogens with one attached hydrogen (secondary N) is 1. The molecule has 2 fully saturated rings. The van der Waals surface area contributed by atoms with Gasteiger partial charge < -0.3 is 19.9 Å². The van der Waals surface area contributed by atoms with Crippen LogP contribution in [0.15, 0.2) is 48.8 Å². The average Bonchev–Trinajstić information content (AvgIpc) is 3.16. The molecule has 2 unspecified atom stereocenters. The van der Waals surface area contributed by atoms with Crippen LogP contribution >= 0.6 is 0 Å². The minimum absolute atomic E-state index is 0.0920. The number of aromatic nitrogens is 1. The Morgan fingerprint density at radius 1 is 1.19 bits per heavy atom. The summed E-state index contributed by atoms with van der Waals surface area (Å²) in [4.78, 5) is 45.0. The van der Waals surface area contributed by atoms with Crippen LogP contribution in [0.3, 0.4) is 0 Å². The van der Waals surface area contributed by atoms with E-state index in [1.807, 2.05) is 0 Å². The highest BCUT2D eigenvalue weighted by molar-refractivity contribution is 5.95. The van der Waals surface area contributed by atoms with Crippen molar-refractivity contribution in [2.24, 2.45) is 0 Å². The first-order valence-electron chi connectivity index (χ1n) is 10.0. The van der Waals surface area contributed by atoms with Gasteiger partial charge in [-0.2, -0.15) is 0 Å². The second-order valence-electron chi connectivity index (χ2n) is 7.91. The molecule has 1 aromatic heterocycles. The van der Waals surface area contributed by atoms with E-state index in [1.54, 1.807) is 34.2 Å². The smallest absolute Gasteiger partial charge is 0.255 e. The molecule has 3 heterocycles. The number of morpholine rings is 1. The molecule has 2 aromatic rings. The second kappa shape index (κ2) is 8.43. The van der Waals surface area contributed by atoms with Gasteiger partial charge in [0, 0.05) is 31.5 Å². The Hall–Kier alpha value is -3.33. The minimum atomic E-state index is -0.936. The molecule has 3 amide bonds. The lowest BCUT2D eigenvalue weighted by atomic mass is 9.98. The number of halogens is 1. The predicted molar refractivity (Wildman–Crippen MR) is 110 cm³/mol. The zero-order valence-corrected chi connectivity index (χ0v) is 17.1. The summed E-state index contributed by atoms with van der Waals surface area (Å²) in [6.45, 7) is 2.53. The first-order chi connectivity index (χ1) is 14.8. The van der Waals surface area contributed by atoms with Gasteiger partial charge in [-0.25, -0.2) is 4.39 Å². The van der Waals surface area contributed by atoms with Gasteiger partial charge >= 0.3 is 0 Å². The van der Waals surface area contributed by atoms with E-state index in [0.717, 1.165) is 0 Å². The van der Waals surface area contributed by atoms with Crippen molar-refractivity contribution >= 4 is 23.4 Å². The molecular weight excluding hydrogens is 403 g/mol. The largest absolute Gasteiger partial charge is 0.356 e. The summed E-state index contributed by atoms with van der Waals surface area (Å²) in [5, 5.41) is 2.65. The number of hydrogen-bond acceptors (Lipinski definition) is 5. The molecule has 9 heteroatoms. The first-order valence-corrected chi connectivity index (χ1v) is 10.0. The third kappa shape index (κ3) is 4.56. The van der Waals surface area contributed by atoms with Crippen molar-refractivity contribution in [2.75, 3.05) is 31.5 Å². The molecule has 0 bridgehead atoms. The second-order valence-corrected chi connectivity index (χ2v) is 7.91. The number of nitrogens with zero attached hydrogens (tertiary/aromatic N) is 3. The van der Waals surface area contributed by atoms with Gasteiger partial charge in [-0.3, -0.25) is 19.4 Å². The molecule has 2 aliphatic rings. The van der Waals surface area contributed by atoms with Crippen LogP contribution in [0, 0.1) is 5.82 Å². The van der Waals surface area contributed by atoms with E-state index in [2.05, 4.69) is 10.3 Å². The van der Waals surface area contributed by atoms with Crippen molar-refractivity contribution in [3.8, 4) is 0 Å². The Kier molecular flexibility index (Phi) is 5.69. The summed E-state index contributed by atoms with van der Waals surface area (Å²) in [7, 11) is 0. The van der Waals surface area contributed by atoms with E-state index < -0.39 is 23.4 Å². The van der Waals surface area contributed by atoms with Crippen molar-refractivity contribution in [3.05, 3.63) is 60.2 Å². The number of amides is 3. The van der Waals surface area contributed by atoms with E-state index in [1.165, 1.54) is 31.3 Å². The number of carbonyl (C=O) groups excluding carboxylic acids is 3. The van der Waals surface area contributed by atoms with Gasteiger partial charge in [-0.05, 0) is 36.8 Å². The highest BCUT2D eigenvalue weighted by Crippen LogP contribution is 2.33. The van der Waals surface area contributed by atoms with Crippen LogP contribution in [0.2, 0.25) is 0 Å². The van der Waals surface area contributed by atoms with Gasteiger partial charge in [-0.1, -0.05) is 6.07 Å². The Morgan fingerprint density at radius 3 is 2.71 bits per heavy atom. The summed E-state index contributed by atoms with van der Waals surface area (Å²) >= 11 is 0. The Balaban J connectivity index is 1.50. The maximum absolute atomic E-state index is 13.4. The fourth-order valence-electron chi connectivity index (χ4n) is 4.07. The summed E-state index contributed by atoms with van der Waals surface area (Å²) < 4.78 is 19.6. The first kappa shape index (κ1) is 20.9. The molecule has 0 aliphatic carbocycles. The highest BCUT2D eigenvalue weighted by atomic mass is 19.1. The van der Waals surface area contributed by atoms with E-state index in [4.69, 9.17) is 4.74 Å². The molecule has 0 saturated carbocycles.